The molecule has 2 saturated heterocycles. The number of carboxylic acid groups (broad SMARTS) is 1. The normalized spacial score (nSPS) is 19.6. The molecule has 0 unspecified atom stereocenters. The Morgan fingerprint density at radius 2 is 1.73 bits per heavy atom. The number of fused-ring (bicyclic) bond motifs is 2. The molecule has 2 fully saturated rings. The third-order valence-corrected chi connectivity index (χ3v) is 12.9. The molecular formula is C38H45F3N6O8S. The minimum atomic E-state index is -4.75. The van der Waals surface area contributed by atoms with Gasteiger partial charge >= 0.3 is 12.1 Å². The summed E-state index contributed by atoms with van der Waals surface area (Å²) in [5.74, 6) is -3.01. The van der Waals surface area contributed by atoms with E-state index in [4.69, 9.17) is 18.9 Å². The molecule has 18 heteroatoms. The second kappa shape index (κ2) is 15.2. The second-order valence-corrected chi connectivity index (χ2v) is 17.1. The van der Waals surface area contributed by atoms with E-state index in [0.29, 0.717) is 74.7 Å². The van der Waals surface area contributed by atoms with Crippen molar-refractivity contribution >= 4 is 21.6 Å². The number of ether oxygens (including phenoxy) is 4. The molecule has 1 spiro atoms. The summed E-state index contributed by atoms with van der Waals surface area (Å²) in [7, 11) is -4.21. The third kappa shape index (κ3) is 7.68. The van der Waals surface area contributed by atoms with Gasteiger partial charge in [-0.2, -0.15) is 22.5 Å². The topological polar surface area (TPSA) is 158 Å². The molecule has 14 nitrogen and oxygen atoms in total. The average Bonchev–Trinajstić information content (AvgIpc) is 3.58. The molecule has 3 aliphatic rings. The van der Waals surface area contributed by atoms with Crippen molar-refractivity contribution in [2.75, 3.05) is 59.2 Å². The van der Waals surface area contributed by atoms with Gasteiger partial charge in [0.1, 0.15) is 17.1 Å². The summed E-state index contributed by atoms with van der Waals surface area (Å²) in [5, 5.41) is 17.7. The highest BCUT2D eigenvalue weighted by Gasteiger charge is 2.46. The van der Waals surface area contributed by atoms with Gasteiger partial charge in [0.2, 0.25) is 27.6 Å². The monoisotopic (exact) mass is 802 g/mol. The lowest BCUT2D eigenvalue weighted by Gasteiger charge is -2.38. The number of aromatic nitrogens is 4. The van der Waals surface area contributed by atoms with Crippen LogP contribution in [0, 0.1) is 19.3 Å². The fraction of sp³-hybridized carbons (Fsp3) is 0.526. The number of carboxylic acids is 1. The lowest BCUT2D eigenvalue weighted by Crippen LogP contribution is -2.50. The van der Waals surface area contributed by atoms with Gasteiger partial charge < -0.3 is 24.1 Å². The van der Waals surface area contributed by atoms with Crippen molar-refractivity contribution in [3.05, 3.63) is 76.2 Å². The molecule has 0 radical (unpaired) electrons. The van der Waals surface area contributed by atoms with E-state index in [-0.39, 0.29) is 35.4 Å². The molecule has 1 atom stereocenters. The Hall–Kier alpha value is -4.36. The maximum atomic E-state index is 14.6. The molecule has 302 valence electrons. The summed E-state index contributed by atoms with van der Waals surface area (Å²) in [5.41, 5.74) is 0.206. The standard InChI is InChI=1S/C38H45F3N6O8S/c1-24-5-6-26(31(36(3,4)35(48)49)28-9-12-47-32(25(28)2)43-44-34(47)38(39,40)41)21-27(24)22-46-23-37(10-16-52-17-11-37)55-33-29(56(46,50)51)7-8-30(42-33)54-20-15-45-13-18-53-19-14-45/h5-9,12,21,31H,10-11,13-20,22-23H2,1-4H3,(H,48,49)/t31-/m0/s1. The molecule has 0 bridgehead atoms. The zero-order chi connectivity index (χ0) is 40.0. The van der Waals surface area contributed by atoms with E-state index in [1.807, 2.05) is 6.92 Å². The first-order valence-corrected chi connectivity index (χ1v) is 19.9. The Labute approximate surface area is 322 Å². The third-order valence-electron chi connectivity index (χ3n) is 11.1. The van der Waals surface area contributed by atoms with Crippen LogP contribution in [-0.4, -0.2) is 113 Å². The zero-order valence-corrected chi connectivity index (χ0v) is 32.5. The van der Waals surface area contributed by atoms with Crippen molar-refractivity contribution in [1.82, 2.24) is 28.8 Å². The van der Waals surface area contributed by atoms with Crippen molar-refractivity contribution in [2.24, 2.45) is 5.41 Å². The molecule has 3 aliphatic heterocycles. The van der Waals surface area contributed by atoms with Crippen LogP contribution < -0.4 is 9.47 Å². The summed E-state index contributed by atoms with van der Waals surface area (Å²) >= 11 is 0. The second-order valence-electron chi connectivity index (χ2n) is 15.2. The number of alkyl halides is 3. The van der Waals surface area contributed by atoms with Gasteiger partial charge in [0.15, 0.2) is 5.65 Å². The summed E-state index contributed by atoms with van der Waals surface area (Å²) in [4.78, 5) is 19.5. The first-order chi connectivity index (χ1) is 26.5. The number of hydrogen-bond donors (Lipinski definition) is 1. The summed E-state index contributed by atoms with van der Waals surface area (Å²) in [6.45, 7) is 11.1. The van der Waals surface area contributed by atoms with Crippen LogP contribution in [0.5, 0.6) is 11.8 Å². The Bertz CT molecular complexity index is 2220. The van der Waals surface area contributed by atoms with Gasteiger partial charge in [-0.25, -0.2) is 8.42 Å². The van der Waals surface area contributed by atoms with Gasteiger partial charge in [0, 0.05) is 57.2 Å². The summed E-state index contributed by atoms with van der Waals surface area (Å²) in [6.07, 6.45) is -2.73. The fourth-order valence-corrected chi connectivity index (χ4v) is 9.28. The van der Waals surface area contributed by atoms with Gasteiger partial charge in [-0.05, 0) is 67.6 Å². The molecule has 3 aromatic heterocycles. The van der Waals surface area contributed by atoms with Gasteiger partial charge in [0.25, 0.3) is 0 Å². The maximum Gasteiger partial charge on any atom is 0.452 e. The van der Waals surface area contributed by atoms with E-state index in [2.05, 4.69) is 20.1 Å². The number of halogens is 3. The Balaban J connectivity index is 1.24. The number of aliphatic carboxylic acids is 1. The van der Waals surface area contributed by atoms with E-state index in [1.54, 1.807) is 39.0 Å². The molecule has 56 heavy (non-hydrogen) atoms. The van der Waals surface area contributed by atoms with E-state index < -0.39 is 44.9 Å². The van der Waals surface area contributed by atoms with Gasteiger partial charge in [-0.3, -0.25) is 14.1 Å². The number of pyridine rings is 2. The highest BCUT2D eigenvalue weighted by Crippen LogP contribution is 2.45. The van der Waals surface area contributed by atoms with Gasteiger partial charge in [-0.1, -0.05) is 18.2 Å². The molecule has 1 N–H and O–H groups in total. The highest BCUT2D eigenvalue weighted by molar-refractivity contribution is 7.89. The van der Waals surface area contributed by atoms with E-state index >= 15 is 0 Å². The summed E-state index contributed by atoms with van der Waals surface area (Å²) < 4.78 is 96.0. The number of morpholine rings is 1. The van der Waals surface area contributed by atoms with Crippen molar-refractivity contribution < 1.29 is 50.4 Å². The van der Waals surface area contributed by atoms with Crippen LogP contribution >= 0.6 is 0 Å². The number of benzene rings is 1. The van der Waals surface area contributed by atoms with Crippen LogP contribution in [0.2, 0.25) is 0 Å². The predicted octanol–water partition coefficient (Wildman–Crippen LogP) is 4.85. The lowest BCUT2D eigenvalue weighted by atomic mass is 9.70. The predicted molar refractivity (Wildman–Crippen MR) is 195 cm³/mol. The van der Waals surface area contributed by atoms with Gasteiger partial charge in [0.05, 0.1) is 38.4 Å². The fourth-order valence-electron chi connectivity index (χ4n) is 7.73. The Kier molecular flexibility index (Phi) is 10.8. The van der Waals surface area contributed by atoms with Gasteiger partial charge in [-0.15, -0.1) is 10.2 Å². The number of nitrogens with zero attached hydrogens (tertiary/aromatic N) is 6. The van der Waals surface area contributed by atoms with Crippen LogP contribution in [0.3, 0.4) is 0 Å². The van der Waals surface area contributed by atoms with Crippen LogP contribution in [-0.2, 0) is 37.0 Å². The molecule has 0 saturated carbocycles. The smallest absolute Gasteiger partial charge is 0.452 e. The molecule has 4 aromatic rings. The lowest BCUT2D eigenvalue weighted by molar-refractivity contribution is -0.147. The molecule has 6 heterocycles. The van der Waals surface area contributed by atoms with Crippen LogP contribution in [0.4, 0.5) is 13.2 Å². The zero-order valence-electron chi connectivity index (χ0n) is 31.6. The Morgan fingerprint density at radius 1 is 1.02 bits per heavy atom. The first-order valence-electron chi connectivity index (χ1n) is 18.5. The largest absolute Gasteiger partial charge is 0.481 e. The average molecular weight is 803 g/mol. The molecule has 0 amide bonds. The SMILES string of the molecule is Cc1ccc([C@@H](c2ccn3c(C(F)(F)F)nnc3c2C)C(C)(C)C(=O)O)cc1CN1CC2(CCOCC2)Oc2nc(OCCN3CCOCC3)ccc2S1(=O)=O. The number of carbonyl (C=O) groups is 1. The highest BCUT2D eigenvalue weighted by atomic mass is 32.2. The maximum absolute atomic E-state index is 14.6. The minimum absolute atomic E-state index is 0.000185. The molecule has 1 aromatic carbocycles. The van der Waals surface area contributed by atoms with Crippen LogP contribution in [0.15, 0.2) is 47.5 Å². The van der Waals surface area contributed by atoms with Crippen molar-refractivity contribution in [3.8, 4) is 11.8 Å². The minimum Gasteiger partial charge on any atom is -0.481 e. The van der Waals surface area contributed by atoms with Crippen molar-refractivity contribution in [1.29, 1.82) is 0 Å². The van der Waals surface area contributed by atoms with Crippen LogP contribution in [0.25, 0.3) is 5.65 Å². The van der Waals surface area contributed by atoms with E-state index in [1.165, 1.54) is 28.7 Å². The number of sulfonamides is 1. The number of aryl methyl sites for hydroxylation is 2. The van der Waals surface area contributed by atoms with Crippen molar-refractivity contribution in [3.63, 3.8) is 0 Å². The number of rotatable bonds is 10. The van der Waals surface area contributed by atoms with E-state index in [0.717, 1.165) is 23.1 Å². The quantitative estimate of drug-likeness (QED) is 0.233. The first kappa shape index (κ1) is 39.9. The van der Waals surface area contributed by atoms with E-state index in [9.17, 15) is 31.5 Å². The Morgan fingerprint density at radius 3 is 2.43 bits per heavy atom. The molecule has 0 aliphatic carbocycles. The number of hydrogen-bond acceptors (Lipinski definition) is 11. The molecular weight excluding hydrogens is 758 g/mol. The van der Waals surface area contributed by atoms with Crippen LogP contribution in [0.1, 0.15) is 66.2 Å². The molecule has 7 rings (SSSR count). The van der Waals surface area contributed by atoms with Crippen molar-refractivity contribution in [2.45, 2.75) is 69.7 Å². The summed E-state index contributed by atoms with van der Waals surface area (Å²) in [6, 6.07) is 9.78.